The normalized spacial score (nSPS) is 20.4. The van der Waals surface area contributed by atoms with Crippen LogP contribution in [0.5, 0.6) is 0 Å². The van der Waals surface area contributed by atoms with Gasteiger partial charge in [-0.1, -0.05) is 34.1 Å². The highest BCUT2D eigenvalue weighted by Crippen LogP contribution is 2.40. The summed E-state index contributed by atoms with van der Waals surface area (Å²) in [4.78, 5) is 41.5. The zero-order chi connectivity index (χ0) is 24.2. The molecule has 0 radical (unpaired) electrons. The fraction of sp³-hybridized carbons (Fsp3) is 0.400. The molecule has 0 bridgehead atoms. The number of likely N-dealkylation sites (tertiary alicyclic amines) is 1. The number of thioether (sulfide) groups is 1. The maximum absolute atomic E-state index is 13.4. The molecule has 176 valence electrons. The second-order valence-corrected chi connectivity index (χ2v) is 11.1. The molecule has 3 atom stereocenters. The van der Waals surface area contributed by atoms with Crippen LogP contribution in [0.2, 0.25) is 0 Å². The molecule has 3 rings (SSSR count). The van der Waals surface area contributed by atoms with Crippen LogP contribution in [-0.4, -0.2) is 53.3 Å². The number of hydrogen-bond donors (Lipinski definition) is 0. The van der Waals surface area contributed by atoms with Gasteiger partial charge in [0.2, 0.25) is 0 Å². The number of benzene rings is 2. The predicted octanol–water partition coefficient (Wildman–Crippen LogP) is 4.96. The maximum Gasteiger partial charge on any atom is 0.328 e. The first-order chi connectivity index (χ1) is 15.6. The molecule has 1 saturated heterocycles. The van der Waals surface area contributed by atoms with E-state index in [-0.39, 0.29) is 17.6 Å². The van der Waals surface area contributed by atoms with Crippen LogP contribution >= 0.6 is 27.7 Å². The molecule has 1 aliphatic heterocycles. The van der Waals surface area contributed by atoms with Crippen molar-refractivity contribution in [2.45, 2.75) is 49.0 Å². The van der Waals surface area contributed by atoms with Gasteiger partial charge in [0.05, 0.1) is 13.5 Å². The monoisotopic (exact) mass is 533 g/mol. The minimum absolute atomic E-state index is 0.00377. The van der Waals surface area contributed by atoms with Crippen molar-refractivity contribution in [2.75, 3.05) is 13.7 Å². The topological polar surface area (TPSA) is 72.9 Å². The van der Waals surface area contributed by atoms with Crippen molar-refractivity contribution in [2.24, 2.45) is 5.92 Å². The van der Waals surface area contributed by atoms with Gasteiger partial charge in [0.25, 0.3) is 5.91 Å². The molecule has 1 heterocycles. The first kappa shape index (κ1) is 25.3. The lowest BCUT2D eigenvalue weighted by molar-refractivity contribution is -0.157. The van der Waals surface area contributed by atoms with Crippen LogP contribution < -0.4 is 0 Å². The molecule has 0 spiro atoms. The standard InChI is InChI=1S/C25H28BrNO5S/c1-25(2,3)32-21(28)14-19-20(33-18-12-10-17(26)11-13-18)15-27(22(19)24(30)31-4)23(29)16-8-6-5-7-9-16/h5-13,19-20,22H,14-15H2,1-4H3/t19-,20-,22-/m0/s1. The summed E-state index contributed by atoms with van der Waals surface area (Å²) >= 11 is 4.98. The SMILES string of the molecule is COC(=O)[C@@H]1[C@@H](CC(=O)OC(C)(C)C)[C@@H](Sc2ccc(Br)cc2)CN1C(=O)c1ccccc1. The average Bonchev–Trinajstić information content (AvgIpc) is 3.11. The predicted molar refractivity (Wildman–Crippen MR) is 131 cm³/mol. The number of nitrogens with zero attached hydrogens (tertiary/aromatic N) is 1. The molecule has 0 N–H and O–H groups in total. The minimum Gasteiger partial charge on any atom is -0.467 e. The molecular weight excluding hydrogens is 506 g/mol. The van der Waals surface area contributed by atoms with Gasteiger partial charge < -0.3 is 14.4 Å². The Kier molecular flexibility index (Phi) is 8.23. The first-order valence-corrected chi connectivity index (χ1v) is 12.3. The highest BCUT2D eigenvalue weighted by Gasteiger charge is 2.50. The van der Waals surface area contributed by atoms with E-state index in [1.54, 1.807) is 56.8 Å². The number of methoxy groups -OCH3 is 1. The minimum atomic E-state index is -0.886. The highest BCUT2D eigenvalue weighted by molar-refractivity contribution is 9.10. The van der Waals surface area contributed by atoms with Crippen molar-refractivity contribution < 1.29 is 23.9 Å². The number of halogens is 1. The summed E-state index contributed by atoms with van der Waals surface area (Å²) in [5.41, 5.74) is -0.165. The Labute approximate surface area is 207 Å². The van der Waals surface area contributed by atoms with Crippen LogP contribution in [0.1, 0.15) is 37.6 Å². The van der Waals surface area contributed by atoms with E-state index >= 15 is 0 Å². The largest absolute Gasteiger partial charge is 0.467 e. The molecular formula is C25H28BrNO5S. The molecule has 0 aliphatic carbocycles. The van der Waals surface area contributed by atoms with Gasteiger partial charge in [-0.05, 0) is 57.2 Å². The maximum atomic E-state index is 13.4. The summed E-state index contributed by atoms with van der Waals surface area (Å²) in [7, 11) is 1.30. The van der Waals surface area contributed by atoms with Gasteiger partial charge in [0, 0.05) is 32.6 Å². The molecule has 2 aromatic rings. The van der Waals surface area contributed by atoms with Crippen molar-refractivity contribution in [3.8, 4) is 0 Å². The van der Waals surface area contributed by atoms with E-state index in [0.717, 1.165) is 9.37 Å². The van der Waals surface area contributed by atoms with Gasteiger partial charge in [-0.2, -0.15) is 0 Å². The number of ether oxygens (including phenoxy) is 2. The van der Waals surface area contributed by atoms with Crippen molar-refractivity contribution in [3.63, 3.8) is 0 Å². The number of rotatable bonds is 6. The average molecular weight is 534 g/mol. The fourth-order valence-corrected chi connectivity index (χ4v) is 5.45. The third-order valence-corrected chi connectivity index (χ3v) is 7.12. The Morgan fingerprint density at radius 3 is 2.27 bits per heavy atom. The Balaban J connectivity index is 1.95. The van der Waals surface area contributed by atoms with Crippen LogP contribution in [-0.2, 0) is 19.1 Å². The van der Waals surface area contributed by atoms with Gasteiger partial charge in [0.1, 0.15) is 11.6 Å². The van der Waals surface area contributed by atoms with E-state index < -0.39 is 29.5 Å². The molecule has 1 fully saturated rings. The summed E-state index contributed by atoms with van der Waals surface area (Å²) in [6.07, 6.45) is 0.00377. The van der Waals surface area contributed by atoms with E-state index in [1.807, 2.05) is 30.3 Å². The number of amides is 1. The molecule has 0 aromatic heterocycles. The van der Waals surface area contributed by atoms with Gasteiger partial charge in [-0.15, -0.1) is 11.8 Å². The van der Waals surface area contributed by atoms with Gasteiger partial charge >= 0.3 is 11.9 Å². The van der Waals surface area contributed by atoms with E-state index in [4.69, 9.17) is 9.47 Å². The Hall–Kier alpha value is -2.32. The lowest BCUT2D eigenvalue weighted by atomic mass is 9.95. The summed E-state index contributed by atoms with van der Waals surface area (Å²) < 4.78 is 11.6. The lowest BCUT2D eigenvalue weighted by Gasteiger charge is -2.27. The van der Waals surface area contributed by atoms with E-state index in [0.29, 0.717) is 12.1 Å². The number of carbonyl (C=O) groups excluding carboxylic acids is 3. The summed E-state index contributed by atoms with van der Waals surface area (Å²) in [6.45, 7) is 5.71. The van der Waals surface area contributed by atoms with Crippen molar-refractivity contribution >= 4 is 45.5 Å². The second kappa shape index (κ2) is 10.7. The van der Waals surface area contributed by atoms with Gasteiger partial charge in [-0.3, -0.25) is 9.59 Å². The molecule has 2 aromatic carbocycles. The molecule has 6 nitrogen and oxygen atoms in total. The third-order valence-electron chi connectivity index (χ3n) is 5.24. The lowest BCUT2D eigenvalue weighted by Crippen LogP contribution is -2.44. The van der Waals surface area contributed by atoms with Crippen LogP contribution in [0.3, 0.4) is 0 Å². The summed E-state index contributed by atoms with van der Waals surface area (Å²) in [5.74, 6) is -1.67. The smallest absolute Gasteiger partial charge is 0.328 e. The van der Waals surface area contributed by atoms with Crippen LogP contribution in [0, 0.1) is 5.92 Å². The Bertz CT molecular complexity index is 990. The highest BCUT2D eigenvalue weighted by atomic mass is 79.9. The van der Waals surface area contributed by atoms with Gasteiger partial charge in [0.15, 0.2) is 0 Å². The molecule has 1 amide bonds. The van der Waals surface area contributed by atoms with Crippen LogP contribution in [0.25, 0.3) is 0 Å². The molecule has 0 saturated carbocycles. The number of hydrogen-bond acceptors (Lipinski definition) is 6. The fourth-order valence-electron chi connectivity index (χ4n) is 3.89. The number of carbonyl (C=O) groups is 3. The van der Waals surface area contributed by atoms with Crippen LogP contribution in [0.15, 0.2) is 64.0 Å². The van der Waals surface area contributed by atoms with E-state index in [9.17, 15) is 14.4 Å². The first-order valence-electron chi connectivity index (χ1n) is 10.7. The Morgan fingerprint density at radius 2 is 1.70 bits per heavy atom. The van der Waals surface area contributed by atoms with Crippen LogP contribution in [0.4, 0.5) is 0 Å². The third kappa shape index (κ3) is 6.60. The summed E-state index contributed by atoms with van der Waals surface area (Å²) in [6, 6.07) is 15.7. The van der Waals surface area contributed by atoms with Crippen molar-refractivity contribution in [3.05, 3.63) is 64.6 Å². The second-order valence-electron chi connectivity index (χ2n) is 8.86. The van der Waals surface area contributed by atoms with Crippen molar-refractivity contribution in [1.29, 1.82) is 0 Å². The van der Waals surface area contributed by atoms with E-state index in [1.165, 1.54) is 12.0 Å². The summed E-state index contributed by atoms with van der Waals surface area (Å²) in [5, 5.41) is -0.199. The zero-order valence-electron chi connectivity index (χ0n) is 19.1. The van der Waals surface area contributed by atoms with Crippen molar-refractivity contribution in [1.82, 2.24) is 4.90 Å². The number of esters is 2. The molecule has 33 heavy (non-hydrogen) atoms. The Morgan fingerprint density at radius 1 is 1.06 bits per heavy atom. The zero-order valence-corrected chi connectivity index (χ0v) is 21.5. The molecule has 8 heteroatoms. The molecule has 1 aliphatic rings. The van der Waals surface area contributed by atoms with E-state index in [2.05, 4.69) is 15.9 Å². The molecule has 0 unspecified atom stereocenters. The quantitative estimate of drug-likeness (QED) is 0.489. The van der Waals surface area contributed by atoms with Gasteiger partial charge in [-0.25, -0.2) is 4.79 Å².